The number of benzene rings is 2. The van der Waals surface area contributed by atoms with Gasteiger partial charge in [0.2, 0.25) is 6.04 Å². The molecule has 2 rings (SSSR count). The highest BCUT2D eigenvalue weighted by atomic mass is 79.9. The maximum atomic E-state index is 14.5. The van der Waals surface area contributed by atoms with Crippen molar-refractivity contribution in [3.05, 3.63) is 68.4 Å². The zero-order valence-corrected chi connectivity index (χ0v) is 15.2. The average molecular weight is 410 g/mol. The smallest absolute Gasteiger partial charge is 0.306 e. The Labute approximate surface area is 153 Å². The Morgan fingerprint density at radius 1 is 1.28 bits per heavy atom. The van der Waals surface area contributed by atoms with Crippen molar-refractivity contribution in [2.45, 2.75) is 25.8 Å². The first-order valence-corrected chi connectivity index (χ1v) is 8.56. The van der Waals surface area contributed by atoms with Crippen LogP contribution in [0.1, 0.15) is 31.4 Å². The van der Waals surface area contributed by atoms with Crippen molar-refractivity contribution in [1.29, 1.82) is 0 Å². The van der Waals surface area contributed by atoms with E-state index in [0.29, 0.717) is 5.56 Å². The molecule has 0 saturated heterocycles. The summed E-state index contributed by atoms with van der Waals surface area (Å²) in [6, 6.07) is 9.90. The minimum atomic E-state index is -1.20. The molecule has 0 N–H and O–H groups in total. The molecule has 7 heteroatoms. The van der Waals surface area contributed by atoms with Gasteiger partial charge in [-0.3, -0.25) is 14.9 Å². The zero-order valence-electron chi connectivity index (χ0n) is 13.6. The van der Waals surface area contributed by atoms with E-state index < -0.39 is 22.8 Å². The Bertz CT molecular complexity index is 764. The molecule has 2 aromatic carbocycles. The van der Waals surface area contributed by atoms with E-state index in [1.165, 1.54) is 18.2 Å². The van der Waals surface area contributed by atoms with E-state index in [4.69, 9.17) is 4.74 Å². The van der Waals surface area contributed by atoms with Crippen LogP contribution in [0.5, 0.6) is 0 Å². The number of ether oxygens (including phenoxy) is 1. The van der Waals surface area contributed by atoms with E-state index in [2.05, 4.69) is 15.9 Å². The molecular weight excluding hydrogens is 393 g/mol. The molecule has 0 aliphatic carbocycles. The summed E-state index contributed by atoms with van der Waals surface area (Å²) < 4.78 is 20.1. The van der Waals surface area contributed by atoms with Crippen LogP contribution in [0.15, 0.2) is 46.9 Å². The van der Waals surface area contributed by atoms with Crippen LogP contribution in [0, 0.1) is 15.9 Å². The molecule has 0 bridgehead atoms. The fourth-order valence-electron chi connectivity index (χ4n) is 2.60. The Morgan fingerprint density at radius 3 is 2.56 bits per heavy atom. The number of hydrogen-bond donors (Lipinski definition) is 0. The molecule has 132 valence electrons. The third-order valence-electron chi connectivity index (χ3n) is 3.72. The van der Waals surface area contributed by atoms with Gasteiger partial charge in [-0.15, -0.1) is 0 Å². The fraction of sp³-hybridized carbons (Fsp3) is 0.278. The number of nitro groups is 1. The van der Waals surface area contributed by atoms with Gasteiger partial charge >= 0.3 is 5.97 Å². The van der Waals surface area contributed by atoms with Gasteiger partial charge in [-0.05, 0) is 30.7 Å². The summed E-state index contributed by atoms with van der Waals surface area (Å²) in [5, 5.41) is 11.5. The van der Waals surface area contributed by atoms with E-state index in [9.17, 15) is 19.3 Å². The van der Waals surface area contributed by atoms with Gasteiger partial charge in [-0.1, -0.05) is 40.2 Å². The highest BCUT2D eigenvalue weighted by molar-refractivity contribution is 9.10. The Kier molecular flexibility index (Phi) is 6.64. The predicted molar refractivity (Wildman–Crippen MR) is 95.1 cm³/mol. The van der Waals surface area contributed by atoms with Gasteiger partial charge in [0.25, 0.3) is 0 Å². The van der Waals surface area contributed by atoms with Gasteiger partial charge in [-0.25, -0.2) is 4.39 Å². The molecule has 1 unspecified atom stereocenters. The summed E-state index contributed by atoms with van der Waals surface area (Å²) in [6.07, 6.45) is -0.158. The van der Waals surface area contributed by atoms with Crippen LogP contribution < -0.4 is 0 Å². The van der Waals surface area contributed by atoms with Gasteiger partial charge in [0, 0.05) is 26.9 Å². The molecule has 1 atom stereocenters. The summed E-state index contributed by atoms with van der Waals surface area (Å²) in [5.74, 6) is -1.04. The van der Waals surface area contributed by atoms with Gasteiger partial charge in [0.15, 0.2) is 0 Å². The maximum Gasteiger partial charge on any atom is 0.306 e. The number of carbonyl (C=O) groups is 1. The van der Waals surface area contributed by atoms with Crippen molar-refractivity contribution in [3.63, 3.8) is 0 Å². The summed E-state index contributed by atoms with van der Waals surface area (Å²) >= 11 is 3.31. The van der Waals surface area contributed by atoms with Crippen LogP contribution >= 0.6 is 15.9 Å². The van der Waals surface area contributed by atoms with Crippen LogP contribution in [0.3, 0.4) is 0 Å². The van der Waals surface area contributed by atoms with Gasteiger partial charge < -0.3 is 4.74 Å². The van der Waals surface area contributed by atoms with E-state index in [1.54, 1.807) is 31.2 Å². The van der Waals surface area contributed by atoms with Crippen LogP contribution in [0.25, 0.3) is 11.1 Å². The van der Waals surface area contributed by atoms with Gasteiger partial charge in [0.05, 0.1) is 13.0 Å². The molecule has 0 spiro atoms. The Hall–Kier alpha value is -2.28. The molecule has 0 fully saturated rings. The molecule has 0 heterocycles. The number of halogens is 2. The number of nitrogens with zero attached hydrogens (tertiary/aromatic N) is 1. The lowest BCUT2D eigenvalue weighted by atomic mass is 9.92. The molecule has 0 saturated carbocycles. The first-order chi connectivity index (χ1) is 11.9. The third kappa shape index (κ3) is 4.85. The van der Waals surface area contributed by atoms with E-state index in [1.807, 2.05) is 0 Å². The minimum absolute atomic E-state index is 0.0567. The lowest BCUT2D eigenvalue weighted by molar-refractivity contribution is -0.529. The summed E-state index contributed by atoms with van der Waals surface area (Å²) in [7, 11) is 0. The van der Waals surface area contributed by atoms with Crippen molar-refractivity contribution in [2.75, 3.05) is 6.61 Å². The molecule has 2 aromatic rings. The van der Waals surface area contributed by atoms with Crippen molar-refractivity contribution in [1.82, 2.24) is 0 Å². The SMILES string of the molecule is CCOC(=O)CCC(c1cccc(F)c1-c1ccc(Br)cc1)[N+](=O)[O-]. The summed E-state index contributed by atoms with van der Waals surface area (Å²) in [5.41, 5.74) is 0.969. The normalized spacial score (nSPS) is 11.8. The van der Waals surface area contributed by atoms with Crippen LogP contribution in [-0.4, -0.2) is 17.5 Å². The third-order valence-corrected chi connectivity index (χ3v) is 4.25. The van der Waals surface area contributed by atoms with Crippen molar-refractivity contribution >= 4 is 21.9 Å². The van der Waals surface area contributed by atoms with Crippen molar-refractivity contribution < 1.29 is 18.8 Å². The van der Waals surface area contributed by atoms with E-state index in [0.717, 1.165) is 4.47 Å². The molecular formula is C18H17BrFNO4. The molecule has 0 aliphatic rings. The largest absolute Gasteiger partial charge is 0.466 e. The molecule has 0 aliphatic heterocycles. The Balaban J connectivity index is 2.41. The lowest BCUT2D eigenvalue weighted by Crippen LogP contribution is -2.15. The summed E-state index contributed by atoms with van der Waals surface area (Å²) in [4.78, 5) is 22.6. The quantitative estimate of drug-likeness (QED) is 0.369. The second kappa shape index (κ2) is 8.71. The molecule has 0 aromatic heterocycles. The number of carbonyl (C=O) groups excluding carboxylic acids is 1. The topological polar surface area (TPSA) is 69.4 Å². The molecule has 0 amide bonds. The average Bonchev–Trinajstić information content (AvgIpc) is 2.56. The zero-order chi connectivity index (χ0) is 18.4. The molecule has 25 heavy (non-hydrogen) atoms. The monoisotopic (exact) mass is 409 g/mol. The minimum Gasteiger partial charge on any atom is -0.466 e. The first-order valence-electron chi connectivity index (χ1n) is 7.77. The maximum absolute atomic E-state index is 14.5. The van der Waals surface area contributed by atoms with E-state index >= 15 is 0 Å². The second-order valence-electron chi connectivity index (χ2n) is 5.36. The molecule has 0 radical (unpaired) electrons. The number of rotatable bonds is 7. The van der Waals surface area contributed by atoms with E-state index in [-0.39, 0.29) is 30.6 Å². The highest BCUT2D eigenvalue weighted by Crippen LogP contribution is 2.35. The molecule has 5 nitrogen and oxygen atoms in total. The summed E-state index contributed by atoms with van der Waals surface area (Å²) in [6.45, 7) is 1.88. The standard InChI is InChI=1S/C18H17BrFNO4/c1-2-25-17(22)11-10-16(21(23)24)14-4-3-5-15(20)18(14)12-6-8-13(19)9-7-12/h3-9,16H,2,10-11H2,1H3. The van der Waals surface area contributed by atoms with Gasteiger partial charge in [-0.2, -0.15) is 0 Å². The highest BCUT2D eigenvalue weighted by Gasteiger charge is 2.28. The predicted octanol–water partition coefficient (Wildman–Crippen LogP) is 4.92. The second-order valence-corrected chi connectivity index (χ2v) is 6.27. The van der Waals surface area contributed by atoms with Crippen molar-refractivity contribution in [3.8, 4) is 11.1 Å². The van der Waals surface area contributed by atoms with Gasteiger partial charge in [0.1, 0.15) is 5.82 Å². The van der Waals surface area contributed by atoms with Crippen LogP contribution in [0.2, 0.25) is 0 Å². The van der Waals surface area contributed by atoms with Crippen LogP contribution in [0.4, 0.5) is 4.39 Å². The van der Waals surface area contributed by atoms with Crippen LogP contribution in [-0.2, 0) is 9.53 Å². The van der Waals surface area contributed by atoms with Crippen molar-refractivity contribution in [2.24, 2.45) is 0 Å². The number of hydrogen-bond acceptors (Lipinski definition) is 4. The first kappa shape index (κ1) is 19.1. The number of esters is 1. The lowest BCUT2D eigenvalue weighted by Gasteiger charge is -2.15. The Morgan fingerprint density at radius 2 is 1.96 bits per heavy atom. The fourth-order valence-corrected chi connectivity index (χ4v) is 2.87.